The Morgan fingerprint density at radius 3 is 2.69 bits per heavy atom. The maximum atomic E-state index is 13.7. The summed E-state index contributed by atoms with van der Waals surface area (Å²) < 4.78 is 7.97. The molecule has 1 aromatic heterocycles. The third-order valence-electron chi connectivity index (χ3n) is 6.45. The minimum absolute atomic E-state index is 0.0354. The van der Waals surface area contributed by atoms with Crippen LogP contribution < -0.4 is 5.73 Å². The molecule has 2 N–H and O–H groups in total. The van der Waals surface area contributed by atoms with Crippen molar-refractivity contribution in [1.29, 1.82) is 0 Å². The van der Waals surface area contributed by atoms with Crippen molar-refractivity contribution in [1.82, 2.24) is 14.5 Å². The van der Waals surface area contributed by atoms with Gasteiger partial charge in [0.05, 0.1) is 11.7 Å². The number of hydrogen-bond donors (Lipinski definition) is 1. The molecule has 1 fully saturated rings. The number of halogens is 1. The zero-order valence-corrected chi connectivity index (χ0v) is 21.3. The molecule has 2 aromatic carbocycles. The van der Waals surface area contributed by atoms with Gasteiger partial charge in [0.1, 0.15) is 11.9 Å². The van der Waals surface area contributed by atoms with Crippen LogP contribution in [-0.2, 0) is 16.1 Å². The first kappa shape index (κ1) is 25.4. The maximum absolute atomic E-state index is 13.7. The molecule has 186 valence electrons. The number of aromatic nitrogens is 2. The Morgan fingerprint density at radius 2 is 2.03 bits per heavy atom. The standard InChI is InChI=1S/C28H35ClN4O2/c1-20(2)26(33(15-8-14-30)28(34)25-13-7-16-35-25)27-31-24(22-11-6-12-23(29)17-22)19-32(27)18-21-9-4-3-5-10-21/h3-6,9-12,17,19-20,25-26H,7-8,13-16,18,30H2,1-2H3/t25-,26-/m1/s1. The van der Waals surface area contributed by atoms with Gasteiger partial charge >= 0.3 is 0 Å². The quantitative estimate of drug-likeness (QED) is 0.414. The van der Waals surface area contributed by atoms with Crippen LogP contribution in [0.4, 0.5) is 0 Å². The molecule has 3 aromatic rings. The summed E-state index contributed by atoms with van der Waals surface area (Å²) in [5.41, 5.74) is 8.83. The highest BCUT2D eigenvalue weighted by molar-refractivity contribution is 6.30. The fourth-order valence-electron chi connectivity index (χ4n) is 4.76. The van der Waals surface area contributed by atoms with Crippen molar-refractivity contribution in [3.8, 4) is 11.3 Å². The molecule has 0 spiro atoms. The Morgan fingerprint density at radius 1 is 1.23 bits per heavy atom. The maximum Gasteiger partial charge on any atom is 0.252 e. The number of imidazole rings is 1. The largest absolute Gasteiger partial charge is 0.368 e. The lowest BCUT2D eigenvalue weighted by Gasteiger charge is -2.36. The van der Waals surface area contributed by atoms with E-state index in [1.165, 1.54) is 5.56 Å². The molecule has 1 saturated heterocycles. The number of amides is 1. The SMILES string of the molecule is CC(C)[C@H](c1nc(-c2cccc(Cl)c2)cn1Cc1ccccc1)N(CCCN)C(=O)[C@H]1CCCO1. The van der Waals surface area contributed by atoms with Crippen molar-refractivity contribution in [3.63, 3.8) is 0 Å². The molecule has 2 heterocycles. The molecule has 0 unspecified atom stereocenters. The molecule has 0 bridgehead atoms. The van der Waals surface area contributed by atoms with E-state index in [2.05, 4.69) is 36.7 Å². The first-order valence-electron chi connectivity index (χ1n) is 12.5. The second-order valence-electron chi connectivity index (χ2n) is 9.47. The molecule has 0 radical (unpaired) electrons. The highest BCUT2D eigenvalue weighted by Gasteiger charge is 2.36. The van der Waals surface area contributed by atoms with Gasteiger partial charge in [-0.1, -0.05) is 67.9 Å². The molecule has 1 aliphatic rings. The van der Waals surface area contributed by atoms with Gasteiger partial charge in [-0.3, -0.25) is 4.79 Å². The van der Waals surface area contributed by atoms with Crippen molar-refractivity contribution in [2.45, 2.75) is 51.8 Å². The van der Waals surface area contributed by atoms with E-state index >= 15 is 0 Å². The Balaban J connectivity index is 1.79. The Labute approximate surface area is 213 Å². The average molecular weight is 495 g/mol. The lowest BCUT2D eigenvalue weighted by Crippen LogP contribution is -2.45. The molecule has 0 saturated carbocycles. The minimum atomic E-state index is -0.390. The highest BCUT2D eigenvalue weighted by Crippen LogP contribution is 2.33. The van der Waals surface area contributed by atoms with Crippen LogP contribution in [0.25, 0.3) is 11.3 Å². The van der Waals surface area contributed by atoms with Gasteiger partial charge in [0.15, 0.2) is 0 Å². The normalized spacial score (nSPS) is 16.5. The van der Waals surface area contributed by atoms with Crippen LogP contribution in [0.3, 0.4) is 0 Å². The molecule has 35 heavy (non-hydrogen) atoms. The predicted octanol–water partition coefficient (Wildman–Crippen LogP) is 5.31. The number of nitrogens with two attached hydrogens (primary N) is 1. The minimum Gasteiger partial charge on any atom is -0.368 e. The van der Waals surface area contributed by atoms with E-state index in [0.29, 0.717) is 31.3 Å². The summed E-state index contributed by atoms with van der Waals surface area (Å²) in [7, 11) is 0. The van der Waals surface area contributed by atoms with E-state index in [1.54, 1.807) is 0 Å². The Kier molecular flexibility index (Phi) is 8.60. The van der Waals surface area contributed by atoms with Crippen molar-refractivity contribution >= 4 is 17.5 Å². The predicted molar refractivity (Wildman–Crippen MR) is 140 cm³/mol. The van der Waals surface area contributed by atoms with Crippen molar-refractivity contribution < 1.29 is 9.53 Å². The monoisotopic (exact) mass is 494 g/mol. The highest BCUT2D eigenvalue weighted by atomic mass is 35.5. The summed E-state index contributed by atoms with van der Waals surface area (Å²) in [6, 6.07) is 17.8. The first-order valence-corrected chi connectivity index (χ1v) is 12.8. The number of benzene rings is 2. The second-order valence-corrected chi connectivity index (χ2v) is 9.91. The summed E-state index contributed by atoms with van der Waals surface area (Å²) in [6.45, 7) is 6.67. The zero-order valence-electron chi connectivity index (χ0n) is 20.6. The summed E-state index contributed by atoms with van der Waals surface area (Å²) >= 11 is 6.29. The van der Waals surface area contributed by atoms with Gasteiger partial charge in [-0.2, -0.15) is 0 Å². The van der Waals surface area contributed by atoms with Gasteiger partial charge in [-0.25, -0.2) is 4.98 Å². The molecule has 6 nitrogen and oxygen atoms in total. The second kappa shape index (κ2) is 11.8. The van der Waals surface area contributed by atoms with Crippen LogP contribution in [0.1, 0.15) is 50.5 Å². The van der Waals surface area contributed by atoms with Crippen LogP contribution >= 0.6 is 11.6 Å². The summed E-state index contributed by atoms with van der Waals surface area (Å²) in [6.07, 6.45) is 4.08. The summed E-state index contributed by atoms with van der Waals surface area (Å²) in [5.74, 6) is 1.04. The van der Waals surface area contributed by atoms with Crippen molar-refractivity contribution in [2.24, 2.45) is 11.7 Å². The molecular weight excluding hydrogens is 460 g/mol. The first-order chi connectivity index (χ1) is 17.0. The van der Waals surface area contributed by atoms with Gasteiger partial charge in [0.25, 0.3) is 5.91 Å². The van der Waals surface area contributed by atoms with Crippen molar-refractivity contribution in [2.75, 3.05) is 19.7 Å². The lowest BCUT2D eigenvalue weighted by atomic mass is 9.99. The van der Waals surface area contributed by atoms with E-state index in [0.717, 1.165) is 36.3 Å². The van der Waals surface area contributed by atoms with Crippen LogP contribution in [0.15, 0.2) is 60.8 Å². The van der Waals surface area contributed by atoms with E-state index < -0.39 is 0 Å². The number of hydrogen-bond acceptors (Lipinski definition) is 4. The molecule has 2 atom stereocenters. The fraction of sp³-hybridized carbons (Fsp3) is 0.429. The Hall–Kier alpha value is -2.67. The number of ether oxygens (including phenoxy) is 1. The van der Waals surface area contributed by atoms with Gasteiger partial charge in [0, 0.05) is 36.5 Å². The lowest BCUT2D eigenvalue weighted by molar-refractivity contribution is -0.145. The van der Waals surface area contributed by atoms with Gasteiger partial charge in [0.2, 0.25) is 0 Å². The molecule has 7 heteroatoms. The van der Waals surface area contributed by atoms with Crippen molar-refractivity contribution in [3.05, 3.63) is 77.2 Å². The van der Waals surface area contributed by atoms with E-state index in [9.17, 15) is 4.79 Å². The van der Waals surface area contributed by atoms with Crippen LogP contribution in [0.5, 0.6) is 0 Å². The van der Waals surface area contributed by atoms with Crippen LogP contribution in [-0.4, -0.2) is 46.2 Å². The molecule has 0 aliphatic carbocycles. The van der Waals surface area contributed by atoms with Crippen LogP contribution in [0, 0.1) is 5.92 Å². The van der Waals surface area contributed by atoms with Gasteiger partial charge < -0.3 is 19.9 Å². The smallest absolute Gasteiger partial charge is 0.252 e. The number of rotatable bonds is 10. The Bertz CT molecular complexity index is 1110. The van der Waals surface area contributed by atoms with Gasteiger partial charge in [-0.15, -0.1) is 0 Å². The number of nitrogens with zero attached hydrogens (tertiary/aromatic N) is 3. The van der Waals surface area contributed by atoms with E-state index in [1.807, 2.05) is 47.4 Å². The molecule has 4 rings (SSSR count). The third kappa shape index (κ3) is 6.13. The number of carbonyl (C=O) groups excluding carboxylic acids is 1. The average Bonchev–Trinajstić information content (AvgIpc) is 3.53. The summed E-state index contributed by atoms with van der Waals surface area (Å²) in [4.78, 5) is 20.7. The topological polar surface area (TPSA) is 73.4 Å². The fourth-order valence-corrected chi connectivity index (χ4v) is 4.95. The zero-order chi connectivity index (χ0) is 24.8. The third-order valence-corrected chi connectivity index (χ3v) is 6.68. The van der Waals surface area contributed by atoms with Crippen LogP contribution in [0.2, 0.25) is 5.02 Å². The molecular formula is C28H35ClN4O2. The molecule has 1 amide bonds. The summed E-state index contributed by atoms with van der Waals surface area (Å²) in [5, 5.41) is 0.667. The van der Waals surface area contributed by atoms with Gasteiger partial charge in [-0.05, 0) is 49.4 Å². The molecule has 1 aliphatic heterocycles. The van der Waals surface area contributed by atoms with E-state index in [-0.39, 0.29) is 24.0 Å². The number of carbonyl (C=O) groups is 1. The van der Waals surface area contributed by atoms with E-state index in [4.69, 9.17) is 27.1 Å².